The molecule has 0 aliphatic carbocycles. The Morgan fingerprint density at radius 3 is 2.26 bits per heavy atom. The van der Waals surface area contributed by atoms with Gasteiger partial charge < -0.3 is 10.2 Å². The standard InChI is InChI=1S/C21H22Cl2N2O2/c1-14(26)24-19(15-4-8-17(22)9-5-15)13-21(27)25-12-2-3-20(25)16-6-10-18(23)11-7-16/h4-11,19-20H,2-3,12-13H2,1H3,(H,24,26)/t19-,20-/m0/s1. The van der Waals surface area contributed by atoms with Gasteiger partial charge in [-0.15, -0.1) is 0 Å². The summed E-state index contributed by atoms with van der Waals surface area (Å²) in [6, 6.07) is 14.6. The van der Waals surface area contributed by atoms with E-state index in [0.717, 1.165) is 30.5 Å². The van der Waals surface area contributed by atoms with Gasteiger partial charge in [-0.05, 0) is 48.2 Å². The smallest absolute Gasteiger partial charge is 0.225 e. The molecule has 2 amide bonds. The number of likely N-dealkylation sites (tertiary alicyclic amines) is 1. The molecule has 1 aliphatic heterocycles. The molecule has 142 valence electrons. The van der Waals surface area contributed by atoms with Crippen molar-refractivity contribution >= 4 is 35.0 Å². The summed E-state index contributed by atoms with van der Waals surface area (Å²) in [5.74, 6) is -0.139. The van der Waals surface area contributed by atoms with Gasteiger partial charge >= 0.3 is 0 Å². The molecule has 2 atom stereocenters. The van der Waals surface area contributed by atoms with Gasteiger partial charge in [-0.2, -0.15) is 0 Å². The fourth-order valence-corrected chi connectivity index (χ4v) is 3.83. The monoisotopic (exact) mass is 404 g/mol. The number of halogens is 2. The van der Waals surface area contributed by atoms with Crippen molar-refractivity contribution in [3.8, 4) is 0 Å². The van der Waals surface area contributed by atoms with E-state index < -0.39 is 0 Å². The Morgan fingerprint density at radius 1 is 1.07 bits per heavy atom. The maximum atomic E-state index is 13.1. The van der Waals surface area contributed by atoms with Crippen LogP contribution in [-0.4, -0.2) is 23.3 Å². The summed E-state index contributed by atoms with van der Waals surface area (Å²) in [6.07, 6.45) is 2.11. The molecule has 0 bridgehead atoms. The number of carbonyl (C=O) groups excluding carboxylic acids is 2. The molecule has 0 saturated carbocycles. The quantitative estimate of drug-likeness (QED) is 0.767. The van der Waals surface area contributed by atoms with Crippen molar-refractivity contribution in [2.75, 3.05) is 6.54 Å². The zero-order chi connectivity index (χ0) is 19.4. The van der Waals surface area contributed by atoms with Crippen molar-refractivity contribution in [3.05, 3.63) is 69.7 Å². The first kappa shape index (κ1) is 19.7. The van der Waals surface area contributed by atoms with Gasteiger partial charge in [0.1, 0.15) is 0 Å². The predicted molar refractivity (Wildman–Crippen MR) is 108 cm³/mol. The van der Waals surface area contributed by atoms with Crippen molar-refractivity contribution < 1.29 is 9.59 Å². The van der Waals surface area contributed by atoms with E-state index in [2.05, 4.69) is 5.32 Å². The highest BCUT2D eigenvalue weighted by Gasteiger charge is 2.31. The molecule has 0 unspecified atom stereocenters. The highest BCUT2D eigenvalue weighted by Crippen LogP contribution is 2.34. The van der Waals surface area contributed by atoms with Crippen LogP contribution in [0, 0.1) is 0 Å². The van der Waals surface area contributed by atoms with E-state index in [1.165, 1.54) is 6.92 Å². The summed E-state index contributed by atoms with van der Waals surface area (Å²) < 4.78 is 0. The van der Waals surface area contributed by atoms with E-state index in [-0.39, 0.29) is 30.3 Å². The second-order valence-corrected chi connectivity index (χ2v) is 7.68. The molecule has 0 aromatic heterocycles. The molecule has 0 spiro atoms. The highest BCUT2D eigenvalue weighted by molar-refractivity contribution is 6.30. The van der Waals surface area contributed by atoms with Crippen LogP contribution >= 0.6 is 23.2 Å². The molecule has 27 heavy (non-hydrogen) atoms. The number of hydrogen-bond acceptors (Lipinski definition) is 2. The number of nitrogens with one attached hydrogen (secondary N) is 1. The van der Waals surface area contributed by atoms with Gasteiger partial charge in [0.25, 0.3) is 0 Å². The topological polar surface area (TPSA) is 49.4 Å². The van der Waals surface area contributed by atoms with Gasteiger partial charge in [0, 0.05) is 23.5 Å². The fraction of sp³-hybridized carbons (Fsp3) is 0.333. The summed E-state index contributed by atoms with van der Waals surface area (Å²) in [5.41, 5.74) is 1.96. The Hall–Kier alpha value is -2.04. The Labute approximate surface area is 169 Å². The van der Waals surface area contributed by atoms with Crippen molar-refractivity contribution in [2.45, 2.75) is 38.3 Å². The molecule has 4 nitrogen and oxygen atoms in total. The fourth-order valence-electron chi connectivity index (χ4n) is 3.58. The first-order valence-electron chi connectivity index (χ1n) is 9.01. The molecule has 6 heteroatoms. The zero-order valence-electron chi connectivity index (χ0n) is 15.1. The van der Waals surface area contributed by atoms with Crippen LogP contribution in [0.5, 0.6) is 0 Å². The van der Waals surface area contributed by atoms with Crippen LogP contribution < -0.4 is 5.32 Å². The molecule has 1 N–H and O–H groups in total. The number of carbonyl (C=O) groups is 2. The summed E-state index contributed by atoms with van der Waals surface area (Å²) in [4.78, 5) is 26.6. The van der Waals surface area contributed by atoms with E-state index in [1.54, 1.807) is 12.1 Å². The summed E-state index contributed by atoms with van der Waals surface area (Å²) in [6.45, 7) is 2.18. The number of benzene rings is 2. The van der Waals surface area contributed by atoms with Gasteiger partial charge in [0.05, 0.1) is 18.5 Å². The van der Waals surface area contributed by atoms with Crippen molar-refractivity contribution in [1.29, 1.82) is 0 Å². The van der Waals surface area contributed by atoms with Crippen LogP contribution in [0.25, 0.3) is 0 Å². The molecule has 1 fully saturated rings. The molecule has 2 aromatic rings. The van der Waals surface area contributed by atoms with Crippen LogP contribution in [0.1, 0.15) is 49.4 Å². The van der Waals surface area contributed by atoms with Gasteiger partial charge in [0.15, 0.2) is 0 Å². The maximum Gasteiger partial charge on any atom is 0.225 e. The van der Waals surface area contributed by atoms with Crippen molar-refractivity contribution in [2.24, 2.45) is 0 Å². The van der Waals surface area contributed by atoms with Crippen molar-refractivity contribution in [3.63, 3.8) is 0 Å². The number of nitrogens with zero attached hydrogens (tertiary/aromatic N) is 1. The Bertz CT molecular complexity index is 806. The lowest BCUT2D eigenvalue weighted by atomic mass is 10.0. The van der Waals surface area contributed by atoms with E-state index in [0.29, 0.717) is 10.0 Å². The summed E-state index contributed by atoms with van der Waals surface area (Å²) >= 11 is 11.9. The number of amides is 2. The van der Waals surface area contributed by atoms with Crippen molar-refractivity contribution in [1.82, 2.24) is 10.2 Å². The summed E-state index contributed by atoms with van der Waals surface area (Å²) in [5, 5.41) is 4.19. The highest BCUT2D eigenvalue weighted by atomic mass is 35.5. The third-order valence-corrected chi connectivity index (χ3v) is 5.36. The molecule has 1 heterocycles. The number of rotatable bonds is 5. The Morgan fingerprint density at radius 2 is 1.67 bits per heavy atom. The van der Waals surface area contributed by atoms with Crippen LogP contribution in [0.4, 0.5) is 0 Å². The first-order chi connectivity index (χ1) is 12.9. The van der Waals surface area contributed by atoms with E-state index in [9.17, 15) is 9.59 Å². The lowest BCUT2D eigenvalue weighted by Gasteiger charge is -2.27. The largest absolute Gasteiger partial charge is 0.349 e. The first-order valence-corrected chi connectivity index (χ1v) is 9.77. The normalized spacial score (nSPS) is 17.6. The Balaban J connectivity index is 1.76. The molecule has 1 aliphatic rings. The van der Waals surface area contributed by atoms with E-state index in [1.807, 2.05) is 41.3 Å². The van der Waals surface area contributed by atoms with Gasteiger partial charge in [-0.3, -0.25) is 9.59 Å². The molecular weight excluding hydrogens is 383 g/mol. The minimum Gasteiger partial charge on any atom is -0.349 e. The lowest BCUT2D eigenvalue weighted by Crippen LogP contribution is -2.35. The molecule has 0 radical (unpaired) electrons. The van der Waals surface area contributed by atoms with Crippen LogP contribution in [0.2, 0.25) is 10.0 Å². The minimum atomic E-state index is -0.376. The molecular formula is C21H22Cl2N2O2. The summed E-state index contributed by atoms with van der Waals surface area (Å²) in [7, 11) is 0. The van der Waals surface area contributed by atoms with E-state index in [4.69, 9.17) is 23.2 Å². The molecule has 3 rings (SSSR count). The SMILES string of the molecule is CC(=O)N[C@@H](CC(=O)N1CCC[C@H]1c1ccc(Cl)cc1)c1ccc(Cl)cc1. The van der Waals surface area contributed by atoms with Crippen LogP contribution in [-0.2, 0) is 9.59 Å². The zero-order valence-corrected chi connectivity index (χ0v) is 16.6. The second kappa shape index (κ2) is 8.77. The predicted octanol–water partition coefficient (Wildman–Crippen LogP) is 4.92. The van der Waals surface area contributed by atoms with E-state index >= 15 is 0 Å². The average molecular weight is 405 g/mol. The molecule has 1 saturated heterocycles. The van der Waals surface area contributed by atoms with Crippen LogP contribution in [0.3, 0.4) is 0 Å². The van der Waals surface area contributed by atoms with Gasteiger partial charge in [-0.25, -0.2) is 0 Å². The Kier molecular flexibility index (Phi) is 6.40. The minimum absolute atomic E-state index is 0.0288. The van der Waals surface area contributed by atoms with Gasteiger partial charge in [0.2, 0.25) is 11.8 Å². The van der Waals surface area contributed by atoms with Crippen LogP contribution in [0.15, 0.2) is 48.5 Å². The lowest BCUT2D eigenvalue weighted by molar-refractivity contribution is -0.133. The average Bonchev–Trinajstić information content (AvgIpc) is 3.12. The van der Waals surface area contributed by atoms with Gasteiger partial charge in [-0.1, -0.05) is 47.5 Å². The third kappa shape index (κ3) is 5.02. The third-order valence-electron chi connectivity index (χ3n) is 4.86. The number of hydrogen-bond donors (Lipinski definition) is 1. The second-order valence-electron chi connectivity index (χ2n) is 6.81. The maximum absolute atomic E-state index is 13.1. The molecule has 2 aromatic carbocycles.